The summed E-state index contributed by atoms with van der Waals surface area (Å²) >= 11 is 0. The van der Waals surface area contributed by atoms with Gasteiger partial charge in [0, 0.05) is 19.6 Å². The Bertz CT molecular complexity index is 1310. The third kappa shape index (κ3) is 5.90. The van der Waals surface area contributed by atoms with E-state index in [1.54, 1.807) is 0 Å². The monoisotopic (exact) mass is 480 g/mol. The molecule has 0 aromatic heterocycles. The number of rotatable bonds is 7. The second-order valence-corrected chi connectivity index (χ2v) is 10.5. The van der Waals surface area contributed by atoms with Crippen LogP contribution in [0.1, 0.15) is 44.7 Å². The van der Waals surface area contributed by atoms with Crippen molar-refractivity contribution in [3.8, 4) is 11.5 Å². The van der Waals surface area contributed by atoms with Crippen LogP contribution < -0.4 is 16.6 Å². The Kier molecular flexibility index (Phi) is 6.98. The van der Waals surface area contributed by atoms with E-state index in [1.165, 1.54) is 0 Å². The molecule has 0 unspecified atom stereocenters. The average molecular weight is 481 g/mol. The van der Waals surface area contributed by atoms with Crippen molar-refractivity contribution in [2.24, 2.45) is 5.92 Å². The normalized spacial score (nSPS) is 15.6. The summed E-state index contributed by atoms with van der Waals surface area (Å²) in [5, 5.41) is 3.33. The molecule has 2 N–H and O–H groups in total. The highest BCUT2D eigenvalue weighted by atomic mass is 16.5. The zero-order valence-corrected chi connectivity index (χ0v) is 21.4. The standard InChI is InChI=1S/C26H36N6O3/c1-16-13-20-21(14-17(16)2)32(23-22(28-20)24(33)30-25(34)29-23)12-11-31-9-7-19(8-10-31)15-27-18(3)35-26(4,5)6/h13-14,19,27H,3,7-12,15H2,1-2,4-6H3,(H,30,33,34). The van der Waals surface area contributed by atoms with Crippen molar-refractivity contribution >= 4 is 11.0 Å². The second-order valence-electron chi connectivity index (χ2n) is 10.5. The third-order valence-corrected chi connectivity index (χ3v) is 6.59. The van der Waals surface area contributed by atoms with Crippen molar-refractivity contribution in [1.29, 1.82) is 0 Å². The number of aromatic amines is 1. The van der Waals surface area contributed by atoms with Crippen LogP contribution >= 0.6 is 0 Å². The Balaban J connectivity index is 1.46. The third-order valence-electron chi connectivity index (χ3n) is 6.59. The Morgan fingerprint density at radius 3 is 2.51 bits per heavy atom. The molecular weight excluding hydrogens is 444 g/mol. The lowest BCUT2D eigenvalue weighted by atomic mass is 9.97. The largest absolute Gasteiger partial charge is 0.474 e. The fraction of sp³-hybridized carbons (Fsp3) is 0.538. The fourth-order valence-electron chi connectivity index (χ4n) is 4.60. The van der Waals surface area contributed by atoms with E-state index in [-0.39, 0.29) is 11.3 Å². The number of hydrogen-bond acceptors (Lipinski definition) is 7. The van der Waals surface area contributed by atoms with Gasteiger partial charge < -0.3 is 19.5 Å². The van der Waals surface area contributed by atoms with E-state index in [1.807, 2.05) is 45.3 Å². The molecule has 1 fully saturated rings. The van der Waals surface area contributed by atoms with E-state index >= 15 is 0 Å². The van der Waals surface area contributed by atoms with Crippen LogP contribution in [-0.2, 0) is 11.3 Å². The van der Waals surface area contributed by atoms with Crippen LogP contribution in [0.2, 0.25) is 0 Å². The van der Waals surface area contributed by atoms with Gasteiger partial charge in [-0.2, -0.15) is 4.98 Å². The number of nitrogens with zero attached hydrogens (tertiary/aromatic N) is 4. The summed E-state index contributed by atoms with van der Waals surface area (Å²) < 4.78 is 7.74. The van der Waals surface area contributed by atoms with Crippen LogP contribution in [0.15, 0.2) is 34.2 Å². The van der Waals surface area contributed by atoms with Crippen molar-refractivity contribution in [3.63, 3.8) is 0 Å². The van der Waals surface area contributed by atoms with Crippen LogP contribution in [0.25, 0.3) is 22.6 Å². The summed E-state index contributed by atoms with van der Waals surface area (Å²) in [6, 6.07) is 4.05. The minimum Gasteiger partial charge on any atom is -0.474 e. The van der Waals surface area contributed by atoms with Crippen LogP contribution in [0, 0.1) is 19.8 Å². The molecule has 0 bridgehead atoms. The van der Waals surface area contributed by atoms with E-state index < -0.39 is 11.2 Å². The first-order valence-electron chi connectivity index (χ1n) is 12.3. The molecule has 0 radical (unpaired) electrons. The molecule has 3 aliphatic rings. The molecule has 3 aliphatic heterocycles. The summed E-state index contributed by atoms with van der Waals surface area (Å²) in [6.07, 6.45) is 2.17. The summed E-state index contributed by atoms with van der Waals surface area (Å²) in [6.45, 7) is 18.3. The van der Waals surface area contributed by atoms with Gasteiger partial charge in [-0.15, -0.1) is 0 Å². The molecule has 0 saturated carbocycles. The number of aromatic nitrogens is 4. The molecular formula is C26H36N6O3. The molecule has 0 atom stereocenters. The Morgan fingerprint density at radius 1 is 1.14 bits per heavy atom. The first-order valence-corrected chi connectivity index (χ1v) is 12.3. The second kappa shape index (κ2) is 9.81. The van der Waals surface area contributed by atoms with Crippen LogP contribution in [0.5, 0.6) is 0 Å². The number of piperidine rings is 1. The summed E-state index contributed by atoms with van der Waals surface area (Å²) in [5.41, 5.74) is 2.64. The number of H-pyrrole nitrogens is 1. The minimum absolute atomic E-state index is 0.197. The maximum absolute atomic E-state index is 12.5. The molecule has 9 nitrogen and oxygen atoms in total. The molecule has 1 saturated heterocycles. The van der Waals surface area contributed by atoms with Gasteiger partial charge in [0.2, 0.25) is 0 Å². The zero-order valence-electron chi connectivity index (χ0n) is 21.4. The number of ether oxygens (including phenoxy) is 1. The predicted molar refractivity (Wildman–Crippen MR) is 138 cm³/mol. The van der Waals surface area contributed by atoms with Gasteiger partial charge in [0.15, 0.2) is 17.4 Å². The van der Waals surface area contributed by atoms with Gasteiger partial charge in [-0.1, -0.05) is 0 Å². The minimum atomic E-state index is -0.647. The van der Waals surface area contributed by atoms with E-state index in [2.05, 4.69) is 37.8 Å². The number of nitrogens with one attached hydrogen (secondary N) is 2. The van der Waals surface area contributed by atoms with Crippen molar-refractivity contribution < 1.29 is 4.74 Å². The molecule has 0 aliphatic carbocycles. The Hall–Kier alpha value is -3.20. The maximum Gasteiger partial charge on any atom is 0.349 e. The van der Waals surface area contributed by atoms with Crippen molar-refractivity contribution in [1.82, 2.24) is 29.7 Å². The van der Waals surface area contributed by atoms with Gasteiger partial charge in [-0.25, -0.2) is 9.78 Å². The van der Waals surface area contributed by atoms with Crippen LogP contribution in [-0.4, -0.2) is 56.2 Å². The Morgan fingerprint density at radius 2 is 1.83 bits per heavy atom. The van der Waals surface area contributed by atoms with Crippen LogP contribution in [0.3, 0.4) is 0 Å². The molecule has 1 aromatic carbocycles. The van der Waals surface area contributed by atoms with E-state index in [9.17, 15) is 9.59 Å². The van der Waals surface area contributed by atoms with Gasteiger partial charge in [-0.3, -0.25) is 9.78 Å². The molecule has 1 aromatic rings. The Labute approximate surface area is 205 Å². The number of hydrogen-bond donors (Lipinski definition) is 2. The number of benzene rings is 1. The van der Waals surface area contributed by atoms with Gasteiger partial charge >= 0.3 is 5.69 Å². The molecule has 3 heterocycles. The lowest BCUT2D eigenvalue weighted by molar-refractivity contribution is 0.0393. The SMILES string of the molecule is C=C(NCC1CCN(CCn2c3nc(=O)[nH]c(=O)c-3nc3cc(C)c(C)cc32)CC1)OC(C)(C)C. The highest BCUT2D eigenvalue weighted by molar-refractivity contribution is 5.81. The van der Waals surface area contributed by atoms with E-state index in [0.29, 0.717) is 24.2 Å². The van der Waals surface area contributed by atoms with Crippen molar-refractivity contribution in [3.05, 3.63) is 56.6 Å². The van der Waals surface area contributed by atoms with E-state index in [4.69, 9.17) is 4.74 Å². The smallest absolute Gasteiger partial charge is 0.349 e. The van der Waals surface area contributed by atoms with Gasteiger partial charge in [0.05, 0.1) is 11.0 Å². The highest BCUT2D eigenvalue weighted by Crippen LogP contribution is 2.24. The lowest BCUT2D eigenvalue weighted by Crippen LogP contribution is -2.39. The lowest BCUT2D eigenvalue weighted by Gasteiger charge is -2.33. The van der Waals surface area contributed by atoms with Crippen molar-refractivity contribution in [2.45, 2.75) is 59.6 Å². The van der Waals surface area contributed by atoms with Crippen molar-refractivity contribution in [2.75, 3.05) is 26.2 Å². The molecule has 188 valence electrons. The number of fused-ring (bicyclic) bond motifs is 2. The molecule has 9 heteroatoms. The zero-order chi connectivity index (χ0) is 25.3. The molecule has 35 heavy (non-hydrogen) atoms. The molecule has 0 amide bonds. The fourth-order valence-corrected chi connectivity index (χ4v) is 4.60. The van der Waals surface area contributed by atoms with Gasteiger partial charge in [0.1, 0.15) is 5.60 Å². The van der Waals surface area contributed by atoms with Crippen LogP contribution in [0.4, 0.5) is 0 Å². The van der Waals surface area contributed by atoms with Gasteiger partial charge in [-0.05, 0) is 96.3 Å². The summed E-state index contributed by atoms with van der Waals surface area (Å²) in [4.78, 5) is 37.8. The maximum atomic E-state index is 12.5. The highest BCUT2D eigenvalue weighted by Gasteiger charge is 2.23. The summed E-state index contributed by atoms with van der Waals surface area (Å²) in [5.74, 6) is 1.53. The first kappa shape index (κ1) is 24.9. The average Bonchev–Trinajstić information content (AvgIpc) is 2.76. The summed E-state index contributed by atoms with van der Waals surface area (Å²) in [7, 11) is 0. The number of likely N-dealkylation sites (tertiary alicyclic amines) is 1. The topological polar surface area (TPSA) is 105 Å². The quantitative estimate of drug-likeness (QED) is 0.396. The molecule has 4 rings (SSSR count). The first-order chi connectivity index (χ1) is 16.5. The van der Waals surface area contributed by atoms with Gasteiger partial charge in [0.25, 0.3) is 5.56 Å². The van der Waals surface area contributed by atoms with E-state index in [0.717, 1.165) is 61.2 Å². The predicted octanol–water partition coefficient (Wildman–Crippen LogP) is 2.79. The molecule has 0 spiro atoms. The number of aryl methyl sites for hydroxylation is 2.